The lowest BCUT2D eigenvalue weighted by Gasteiger charge is -2.30. The van der Waals surface area contributed by atoms with E-state index in [1.165, 1.54) is 24.0 Å². The monoisotopic (exact) mass is 635 g/mol. The number of aromatic hydroxyl groups is 1. The van der Waals surface area contributed by atoms with E-state index in [2.05, 4.69) is 33.2 Å². The molecule has 0 spiro atoms. The fraction of sp³-hybridized carbons (Fsp3) is 0.407. The van der Waals surface area contributed by atoms with Gasteiger partial charge in [0.15, 0.2) is 0 Å². The zero-order valence-electron chi connectivity index (χ0n) is 21.2. The zero-order valence-corrected chi connectivity index (χ0v) is 23.4. The van der Waals surface area contributed by atoms with Crippen LogP contribution in [0.2, 0.25) is 0 Å². The first-order valence-electron chi connectivity index (χ1n) is 12.5. The predicted octanol–water partition coefficient (Wildman–Crippen LogP) is 0.823. The van der Waals surface area contributed by atoms with Gasteiger partial charge in [-0.1, -0.05) is 24.3 Å². The van der Waals surface area contributed by atoms with Crippen molar-refractivity contribution in [3.8, 4) is 5.75 Å². The second kappa shape index (κ2) is 13.6. The highest BCUT2D eigenvalue weighted by Crippen LogP contribution is 2.30. The number of benzene rings is 2. The Morgan fingerprint density at radius 2 is 1.74 bits per heavy atom. The summed E-state index contributed by atoms with van der Waals surface area (Å²) < 4.78 is 1.01. The van der Waals surface area contributed by atoms with Gasteiger partial charge in [0.1, 0.15) is 17.8 Å². The lowest BCUT2D eigenvalue weighted by atomic mass is 10.0. The standard InChI is InChI=1S/C27H34IN5O5/c1-16(32-27(38)22(29)12-17-7-9-21(34)10-8-17)26(37)31-14-24(35)33(15-18-5-6-18)23(25(30)36)13-19-3-2-4-20(28)11-19/h2-4,7-11,16,18,22-23,34H,5-6,12-15,29H2,1H3,(H2,30,36)(H,31,37)(H,32,38)/t16-,22+,23+/m1/s1. The highest BCUT2D eigenvalue weighted by atomic mass is 127. The van der Waals surface area contributed by atoms with Gasteiger partial charge in [0.2, 0.25) is 23.6 Å². The van der Waals surface area contributed by atoms with Gasteiger partial charge in [0.25, 0.3) is 0 Å². The summed E-state index contributed by atoms with van der Waals surface area (Å²) in [5, 5.41) is 14.5. The largest absolute Gasteiger partial charge is 0.508 e. The van der Waals surface area contributed by atoms with E-state index in [1.807, 2.05) is 24.3 Å². The van der Waals surface area contributed by atoms with Crippen molar-refractivity contribution >= 4 is 46.2 Å². The Morgan fingerprint density at radius 3 is 2.34 bits per heavy atom. The van der Waals surface area contributed by atoms with Crippen molar-refractivity contribution in [1.82, 2.24) is 15.5 Å². The lowest BCUT2D eigenvalue weighted by Crippen LogP contribution is -2.55. The van der Waals surface area contributed by atoms with E-state index < -0.39 is 41.8 Å². The second-order valence-electron chi connectivity index (χ2n) is 9.67. The summed E-state index contributed by atoms with van der Waals surface area (Å²) in [7, 11) is 0. The maximum absolute atomic E-state index is 13.2. The highest BCUT2D eigenvalue weighted by molar-refractivity contribution is 14.1. The van der Waals surface area contributed by atoms with Crippen LogP contribution in [0.1, 0.15) is 30.9 Å². The molecule has 0 aliphatic heterocycles. The molecule has 2 aromatic carbocycles. The van der Waals surface area contributed by atoms with Crippen LogP contribution >= 0.6 is 22.6 Å². The van der Waals surface area contributed by atoms with E-state index in [0.717, 1.165) is 27.5 Å². The van der Waals surface area contributed by atoms with E-state index in [0.29, 0.717) is 12.5 Å². The summed E-state index contributed by atoms with van der Waals surface area (Å²) in [6.07, 6.45) is 2.45. The number of halogens is 1. The average molecular weight is 636 g/mol. The second-order valence-corrected chi connectivity index (χ2v) is 10.9. The number of phenolic OH excluding ortho intramolecular Hbond substituents is 1. The Kier molecular flexibility index (Phi) is 10.5. The van der Waals surface area contributed by atoms with Crippen molar-refractivity contribution < 1.29 is 24.3 Å². The molecule has 2 aromatic rings. The van der Waals surface area contributed by atoms with Gasteiger partial charge >= 0.3 is 0 Å². The zero-order chi connectivity index (χ0) is 27.8. The third kappa shape index (κ3) is 8.98. The molecule has 1 aliphatic carbocycles. The van der Waals surface area contributed by atoms with Gasteiger partial charge in [-0.2, -0.15) is 0 Å². The van der Waals surface area contributed by atoms with Crippen LogP contribution in [0.4, 0.5) is 0 Å². The van der Waals surface area contributed by atoms with Crippen molar-refractivity contribution in [2.24, 2.45) is 17.4 Å². The summed E-state index contributed by atoms with van der Waals surface area (Å²) in [4.78, 5) is 52.1. The number of nitrogens with one attached hydrogen (secondary N) is 2. The molecule has 0 heterocycles. The van der Waals surface area contributed by atoms with Gasteiger partial charge in [-0.15, -0.1) is 0 Å². The van der Waals surface area contributed by atoms with Crippen molar-refractivity contribution in [3.05, 3.63) is 63.2 Å². The lowest BCUT2D eigenvalue weighted by molar-refractivity contribution is -0.140. The molecular formula is C27H34IN5O5. The smallest absolute Gasteiger partial charge is 0.242 e. The van der Waals surface area contributed by atoms with Crippen LogP contribution in [0.5, 0.6) is 5.75 Å². The number of phenols is 1. The SMILES string of the molecule is C[C@@H](NC(=O)[C@@H](N)Cc1ccc(O)cc1)C(=O)NCC(=O)N(CC1CC1)[C@@H](Cc1cccc(I)c1)C(N)=O. The minimum atomic E-state index is -0.934. The molecule has 1 aliphatic rings. The number of rotatable bonds is 13. The van der Waals surface area contributed by atoms with Crippen LogP contribution in [0.15, 0.2) is 48.5 Å². The molecule has 204 valence electrons. The Hall–Kier alpha value is -3.19. The van der Waals surface area contributed by atoms with Gasteiger partial charge in [0, 0.05) is 16.5 Å². The Morgan fingerprint density at radius 1 is 1.05 bits per heavy atom. The van der Waals surface area contributed by atoms with Gasteiger partial charge in [0.05, 0.1) is 12.6 Å². The molecule has 4 amide bonds. The average Bonchev–Trinajstić information content (AvgIpc) is 3.69. The van der Waals surface area contributed by atoms with E-state index in [1.54, 1.807) is 12.1 Å². The fourth-order valence-corrected chi connectivity index (χ4v) is 4.62. The normalized spacial score (nSPS) is 15.1. The number of nitrogens with two attached hydrogens (primary N) is 2. The molecule has 11 heteroatoms. The number of hydrogen-bond acceptors (Lipinski definition) is 6. The molecule has 3 atom stereocenters. The van der Waals surface area contributed by atoms with Crippen LogP contribution in [0.25, 0.3) is 0 Å². The van der Waals surface area contributed by atoms with E-state index in [9.17, 15) is 24.3 Å². The van der Waals surface area contributed by atoms with Crippen LogP contribution in [0, 0.1) is 9.49 Å². The Labute approximate surface area is 235 Å². The number of primary amides is 1. The van der Waals surface area contributed by atoms with E-state index in [4.69, 9.17) is 11.5 Å². The van der Waals surface area contributed by atoms with Crippen molar-refractivity contribution in [2.45, 2.75) is 50.7 Å². The minimum Gasteiger partial charge on any atom is -0.508 e. The molecular weight excluding hydrogens is 601 g/mol. The molecule has 1 fully saturated rings. The first-order chi connectivity index (χ1) is 18.0. The molecule has 38 heavy (non-hydrogen) atoms. The maximum atomic E-state index is 13.2. The van der Waals surface area contributed by atoms with Crippen molar-refractivity contribution in [3.63, 3.8) is 0 Å². The quantitative estimate of drug-likeness (QED) is 0.204. The van der Waals surface area contributed by atoms with Crippen molar-refractivity contribution in [1.29, 1.82) is 0 Å². The van der Waals surface area contributed by atoms with E-state index >= 15 is 0 Å². The molecule has 7 N–H and O–H groups in total. The third-order valence-corrected chi connectivity index (χ3v) is 7.06. The number of carbonyl (C=O) groups is 4. The predicted molar refractivity (Wildman–Crippen MR) is 151 cm³/mol. The van der Waals surface area contributed by atoms with Crippen LogP contribution in [-0.4, -0.2) is 64.9 Å². The Bertz CT molecular complexity index is 1150. The number of carbonyl (C=O) groups excluding carboxylic acids is 4. The fourth-order valence-electron chi connectivity index (χ4n) is 4.02. The molecule has 0 aromatic heterocycles. The molecule has 0 saturated heterocycles. The Balaban J connectivity index is 1.56. The van der Waals surface area contributed by atoms with Gasteiger partial charge in [-0.05, 0) is 90.1 Å². The minimum absolute atomic E-state index is 0.110. The summed E-state index contributed by atoms with van der Waals surface area (Å²) >= 11 is 2.18. The molecule has 10 nitrogen and oxygen atoms in total. The maximum Gasteiger partial charge on any atom is 0.242 e. The molecule has 1 saturated carbocycles. The summed E-state index contributed by atoms with van der Waals surface area (Å²) in [5.74, 6) is -1.67. The van der Waals surface area contributed by atoms with E-state index in [-0.39, 0.29) is 25.1 Å². The number of nitrogens with zero attached hydrogens (tertiary/aromatic N) is 1. The number of amides is 4. The van der Waals surface area contributed by atoms with Gasteiger partial charge in [-0.3, -0.25) is 19.2 Å². The highest BCUT2D eigenvalue weighted by Gasteiger charge is 2.34. The molecule has 0 unspecified atom stereocenters. The third-order valence-electron chi connectivity index (χ3n) is 6.39. The first kappa shape index (κ1) is 29.4. The summed E-state index contributed by atoms with van der Waals surface area (Å²) in [6.45, 7) is 1.56. The number of hydrogen-bond donors (Lipinski definition) is 5. The van der Waals surface area contributed by atoms with Gasteiger partial charge < -0.3 is 32.1 Å². The molecule has 0 radical (unpaired) electrons. The summed E-state index contributed by atoms with van der Waals surface area (Å²) in [5.41, 5.74) is 13.3. The molecule has 0 bridgehead atoms. The van der Waals surface area contributed by atoms with Gasteiger partial charge in [-0.25, -0.2) is 0 Å². The first-order valence-corrected chi connectivity index (χ1v) is 13.6. The van der Waals surface area contributed by atoms with Crippen LogP contribution < -0.4 is 22.1 Å². The van der Waals surface area contributed by atoms with Crippen molar-refractivity contribution in [2.75, 3.05) is 13.1 Å². The molecule has 3 rings (SSSR count). The van der Waals surface area contributed by atoms with Crippen LogP contribution in [-0.2, 0) is 32.0 Å². The topological polar surface area (TPSA) is 168 Å². The summed E-state index contributed by atoms with van der Waals surface area (Å²) in [6, 6.07) is 11.3. The van der Waals surface area contributed by atoms with Crippen LogP contribution in [0.3, 0.4) is 0 Å².